The van der Waals surface area contributed by atoms with E-state index in [4.69, 9.17) is 16.0 Å². The second-order valence-corrected chi connectivity index (χ2v) is 10.2. The molecule has 0 aliphatic carbocycles. The molecule has 1 aromatic heterocycles. The van der Waals surface area contributed by atoms with E-state index in [1.165, 1.54) is 24.3 Å². The van der Waals surface area contributed by atoms with Gasteiger partial charge in [-0.15, -0.1) is 0 Å². The van der Waals surface area contributed by atoms with E-state index < -0.39 is 25.9 Å². The highest BCUT2D eigenvalue weighted by atomic mass is 35.5. The molecule has 31 heavy (non-hydrogen) atoms. The number of rotatable bonds is 6. The number of hydrogen-bond acceptors (Lipinski definition) is 5. The van der Waals surface area contributed by atoms with Gasteiger partial charge >= 0.3 is 0 Å². The summed E-state index contributed by atoms with van der Waals surface area (Å²) in [6.45, 7) is 0. The van der Waals surface area contributed by atoms with Crippen molar-refractivity contribution in [3.63, 3.8) is 0 Å². The Kier molecular flexibility index (Phi) is 5.38. The normalized spacial score (nSPS) is 12.1. The van der Waals surface area contributed by atoms with E-state index in [1.54, 1.807) is 24.3 Å². The third-order valence-corrected chi connectivity index (χ3v) is 7.10. The molecule has 0 aliphatic rings. The van der Waals surface area contributed by atoms with Gasteiger partial charge in [-0.05, 0) is 48.5 Å². The van der Waals surface area contributed by atoms with Gasteiger partial charge in [0.2, 0.25) is 5.09 Å². The molecule has 4 aromatic rings. The number of fused-ring (bicyclic) bond motifs is 1. The van der Waals surface area contributed by atoms with Crippen LogP contribution in [0.4, 0.5) is 15.8 Å². The predicted molar refractivity (Wildman–Crippen MR) is 116 cm³/mol. The van der Waals surface area contributed by atoms with E-state index in [9.17, 15) is 21.2 Å². The summed E-state index contributed by atoms with van der Waals surface area (Å²) in [6, 6.07) is 16.2. The molecule has 0 spiro atoms. The summed E-state index contributed by atoms with van der Waals surface area (Å²) in [7, 11) is -8.32. The minimum absolute atomic E-state index is 0.0755. The van der Waals surface area contributed by atoms with Crippen LogP contribution in [0.1, 0.15) is 0 Å². The summed E-state index contributed by atoms with van der Waals surface area (Å²) in [5.41, 5.74) is 0.193. The lowest BCUT2D eigenvalue weighted by Crippen LogP contribution is -2.17. The smallest absolute Gasteiger partial charge is 0.295 e. The van der Waals surface area contributed by atoms with Crippen molar-refractivity contribution in [2.24, 2.45) is 0 Å². The van der Waals surface area contributed by atoms with Gasteiger partial charge in [0.25, 0.3) is 20.0 Å². The van der Waals surface area contributed by atoms with Gasteiger partial charge in [-0.3, -0.25) is 9.44 Å². The van der Waals surface area contributed by atoms with Crippen LogP contribution in [0.3, 0.4) is 0 Å². The largest absolute Gasteiger partial charge is 0.443 e. The molecule has 4 rings (SSSR count). The van der Waals surface area contributed by atoms with Crippen LogP contribution in [0.2, 0.25) is 5.02 Å². The number of hydrogen-bond donors (Lipinski definition) is 2. The lowest BCUT2D eigenvalue weighted by molar-refractivity contribution is 0.484. The Bertz CT molecular complexity index is 1450. The van der Waals surface area contributed by atoms with Gasteiger partial charge in [-0.25, -0.2) is 12.8 Å². The first-order valence-corrected chi connectivity index (χ1v) is 12.1. The first-order valence-electron chi connectivity index (χ1n) is 8.73. The average Bonchev–Trinajstić information content (AvgIpc) is 3.15. The fourth-order valence-corrected chi connectivity index (χ4v) is 5.08. The van der Waals surface area contributed by atoms with E-state index in [1.807, 2.05) is 0 Å². The average molecular weight is 481 g/mol. The van der Waals surface area contributed by atoms with Gasteiger partial charge in [0.1, 0.15) is 11.4 Å². The molecule has 2 N–H and O–H groups in total. The first kappa shape index (κ1) is 21.2. The second kappa shape index (κ2) is 7.88. The zero-order chi connectivity index (χ0) is 22.2. The minimum Gasteiger partial charge on any atom is -0.443 e. The Morgan fingerprint density at radius 3 is 2.16 bits per heavy atom. The molecule has 7 nitrogen and oxygen atoms in total. The molecule has 1 heterocycles. The molecule has 0 amide bonds. The molecule has 0 fully saturated rings. The first-order chi connectivity index (χ1) is 14.6. The van der Waals surface area contributed by atoms with Crippen LogP contribution in [-0.4, -0.2) is 16.8 Å². The van der Waals surface area contributed by atoms with Gasteiger partial charge in [-0.1, -0.05) is 29.8 Å². The maximum Gasteiger partial charge on any atom is 0.295 e. The van der Waals surface area contributed by atoms with Crippen molar-refractivity contribution < 1.29 is 25.6 Å². The van der Waals surface area contributed by atoms with Gasteiger partial charge in [0.05, 0.1) is 16.3 Å². The number of halogens is 2. The van der Waals surface area contributed by atoms with Crippen molar-refractivity contribution >= 4 is 54.0 Å². The highest BCUT2D eigenvalue weighted by Gasteiger charge is 2.23. The Morgan fingerprint density at radius 1 is 0.774 bits per heavy atom. The maximum atomic E-state index is 13.1. The molecule has 0 bridgehead atoms. The molecule has 0 saturated heterocycles. The zero-order valence-electron chi connectivity index (χ0n) is 15.5. The van der Waals surface area contributed by atoms with Crippen LogP contribution in [-0.2, 0) is 20.0 Å². The highest BCUT2D eigenvalue weighted by molar-refractivity contribution is 7.93. The number of furan rings is 1. The third-order valence-electron chi connectivity index (χ3n) is 4.26. The summed E-state index contributed by atoms with van der Waals surface area (Å²) in [6.07, 6.45) is 0. The number of para-hydroxylation sites is 1. The summed E-state index contributed by atoms with van der Waals surface area (Å²) >= 11 is 5.98. The van der Waals surface area contributed by atoms with Crippen LogP contribution in [0.15, 0.2) is 87.2 Å². The Hall–Kier alpha value is -3.08. The van der Waals surface area contributed by atoms with E-state index in [0.29, 0.717) is 11.0 Å². The topological polar surface area (TPSA) is 105 Å². The Morgan fingerprint density at radius 2 is 1.45 bits per heavy atom. The number of anilines is 2. The molecule has 3 aromatic carbocycles. The van der Waals surface area contributed by atoms with Gasteiger partial charge in [0.15, 0.2) is 0 Å². The highest BCUT2D eigenvalue weighted by Crippen LogP contribution is 2.31. The van der Waals surface area contributed by atoms with Crippen molar-refractivity contribution in [2.45, 2.75) is 9.99 Å². The van der Waals surface area contributed by atoms with Crippen molar-refractivity contribution in [2.75, 3.05) is 9.44 Å². The molecule has 160 valence electrons. The fraction of sp³-hybridized carbons (Fsp3) is 0. The molecule has 0 radical (unpaired) electrons. The minimum atomic E-state index is -4.20. The van der Waals surface area contributed by atoms with Crippen LogP contribution < -0.4 is 9.44 Å². The molecule has 0 saturated carbocycles. The van der Waals surface area contributed by atoms with E-state index in [2.05, 4.69) is 9.44 Å². The maximum absolute atomic E-state index is 13.1. The molecule has 0 unspecified atom stereocenters. The molecule has 0 aliphatic heterocycles. The van der Waals surface area contributed by atoms with Crippen LogP contribution >= 0.6 is 11.6 Å². The second-order valence-electron chi connectivity index (χ2n) is 6.46. The predicted octanol–water partition coefficient (Wildman–Crippen LogP) is 4.83. The van der Waals surface area contributed by atoms with E-state index in [-0.39, 0.29) is 26.4 Å². The van der Waals surface area contributed by atoms with Gasteiger partial charge in [0, 0.05) is 16.5 Å². The van der Waals surface area contributed by atoms with Gasteiger partial charge < -0.3 is 4.42 Å². The van der Waals surface area contributed by atoms with Crippen LogP contribution in [0.5, 0.6) is 0 Å². The van der Waals surface area contributed by atoms with Gasteiger partial charge in [-0.2, -0.15) is 8.42 Å². The SMILES string of the molecule is O=S(=O)(Nc1ccc(Cl)cc1NS(=O)(=O)c1cc2ccccc2o1)c1ccc(F)cc1. The standard InChI is InChI=1S/C20H14ClFN2O5S2/c21-14-5-10-17(23-30(25,26)16-8-6-15(22)7-9-16)18(12-14)24-31(27,28)20-11-13-3-1-2-4-19(13)29-20/h1-12,23-24H. The van der Waals surface area contributed by atoms with Crippen molar-refractivity contribution in [1.82, 2.24) is 0 Å². The van der Waals surface area contributed by atoms with E-state index >= 15 is 0 Å². The lowest BCUT2D eigenvalue weighted by Gasteiger charge is -2.14. The van der Waals surface area contributed by atoms with Crippen LogP contribution in [0, 0.1) is 5.82 Å². The lowest BCUT2D eigenvalue weighted by atomic mass is 10.3. The van der Waals surface area contributed by atoms with Crippen LogP contribution in [0.25, 0.3) is 11.0 Å². The quantitative estimate of drug-likeness (QED) is 0.411. The summed E-state index contributed by atoms with van der Waals surface area (Å²) < 4.78 is 74.1. The van der Waals surface area contributed by atoms with Crippen molar-refractivity contribution in [3.8, 4) is 0 Å². The summed E-state index contributed by atoms with van der Waals surface area (Å²) in [5.74, 6) is -0.593. The summed E-state index contributed by atoms with van der Waals surface area (Å²) in [4.78, 5) is -0.199. The number of benzene rings is 3. The zero-order valence-corrected chi connectivity index (χ0v) is 17.9. The third kappa shape index (κ3) is 4.50. The molecular weight excluding hydrogens is 467 g/mol. The van der Waals surface area contributed by atoms with E-state index in [0.717, 1.165) is 24.3 Å². The Labute approximate surface area is 182 Å². The molecule has 0 atom stereocenters. The molecular formula is C20H14ClFN2O5S2. The number of sulfonamides is 2. The summed E-state index contributed by atoms with van der Waals surface area (Å²) in [5, 5.41) is 0.416. The molecule has 11 heteroatoms. The number of nitrogens with one attached hydrogen (secondary N) is 2. The van der Waals surface area contributed by atoms with Crippen molar-refractivity contribution in [1.29, 1.82) is 0 Å². The fourth-order valence-electron chi connectivity index (χ4n) is 2.79. The monoisotopic (exact) mass is 480 g/mol. The van der Waals surface area contributed by atoms with Crippen molar-refractivity contribution in [3.05, 3.63) is 83.6 Å². The Balaban J connectivity index is 1.69.